The Morgan fingerprint density at radius 2 is 1.85 bits per heavy atom. The van der Waals surface area contributed by atoms with E-state index in [1.807, 2.05) is 24.3 Å². The molecule has 1 N–H and O–H groups in total. The average molecular weight is 384 g/mol. The Morgan fingerprint density at radius 3 is 2.54 bits per heavy atom. The number of carbonyl (C=O) groups is 1. The lowest BCUT2D eigenvalue weighted by Gasteiger charge is -2.37. The average Bonchev–Trinajstić information content (AvgIpc) is 2.69. The van der Waals surface area contributed by atoms with Gasteiger partial charge in [0, 0.05) is 44.7 Å². The fraction of sp³-hybridized carbons (Fsp3) is 0.632. The van der Waals surface area contributed by atoms with Gasteiger partial charge in [0.05, 0.1) is 7.11 Å². The molecule has 0 aromatic heterocycles. The van der Waals surface area contributed by atoms with E-state index in [9.17, 15) is 4.79 Å². The standard InChI is InChI=1S/C19H29N3O3.ClH/c1-24-17-3-2-4-18(15-17)25-14-13-21-9-11-22(12-10-21)19(23)16-5-7-20-8-6-16;/h2-4,15-16,20H,5-14H2,1H3;1H. The number of benzene rings is 1. The normalized spacial score (nSPS) is 18.9. The lowest BCUT2D eigenvalue weighted by atomic mass is 9.96. The van der Waals surface area contributed by atoms with Crippen molar-refractivity contribution in [3.63, 3.8) is 0 Å². The van der Waals surface area contributed by atoms with Crippen LogP contribution in [0.1, 0.15) is 12.8 Å². The first-order valence-corrected chi connectivity index (χ1v) is 9.25. The van der Waals surface area contributed by atoms with Gasteiger partial charge in [-0.3, -0.25) is 9.69 Å². The van der Waals surface area contributed by atoms with Gasteiger partial charge in [0.15, 0.2) is 0 Å². The third-order valence-corrected chi connectivity index (χ3v) is 5.09. The molecule has 0 saturated carbocycles. The summed E-state index contributed by atoms with van der Waals surface area (Å²) in [7, 11) is 1.66. The first kappa shape index (κ1) is 20.8. The SMILES string of the molecule is COc1cccc(OCCN2CCN(C(=O)C3CCNCC3)CC2)c1.Cl. The van der Waals surface area contributed by atoms with Gasteiger partial charge < -0.3 is 19.7 Å². The summed E-state index contributed by atoms with van der Waals surface area (Å²) in [5, 5.41) is 3.32. The van der Waals surface area contributed by atoms with E-state index >= 15 is 0 Å². The van der Waals surface area contributed by atoms with Gasteiger partial charge in [-0.05, 0) is 38.1 Å². The van der Waals surface area contributed by atoms with Crippen LogP contribution >= 0.6 is 12.4 Å². The van der Waals surface area contributed by atoms with Crippen molar-refractivity contribution in [3.8, 4) is 11.5 Å². The van der Waals surface area contributed by atoms with Gasteiger partial charge in [-0.1, -0.05) is 6.07 Å². The number of hydrogen-bond donors (Lipinski definition) is 1. The van der Waals surface area contributed by atoms with E-state index < -0.39 is 0 Å². The van der Waals surface area contributed by atoms with E-state index in [4.69, 9.17) is 9.47 Å². The molecule has 146 valence electrons. The highest BCUT2D eigenvalue weighted by Crippen LogP contribution is 2.19. The Hall–Kier alpha value is -1.50. The van der Waals surface area contributed by atoms with E-state index in [-0.39, 0.29) is 18.3 Å². The molecule has 6 nitrogen and oxygen atoms in total. The van der Waals surface area contributed by atoms with Crippen molar-refractivity contribution in [1.82, 2.24) is 15.1 Å². The largest absolute Gasteiger partial charge is 0.497 e. The fourth-order valence-electron chi connectivity index (χ4n) is 3.50. The van der Waals surface area contributed by atoms with Gasteiger partial charge in [0.25, 0.3) is 0 Å². The smallest absolute Gasteiger partial charge is 0.225 e. The van der Waals surface area contributed by atoms with Crippen molar-refractivity contribution in [1.29, 1.82) is 0 Å². The summed E-state index contributed by atoms with van der Waals surface area (Å²) in [6.45, 7) is 7.00. The molecule has 2 aliphatic heterocycles. The summed E-state index contributed by atoms with van der Waals surface area (Å²) in [6.07, 6.45) is 1.96. The van der Waals surface area contributed by atoms with Gasteiger partial charge in [-0.15, -0.1) is 12.4 Å². The van der Waals surface area contributed by atoms with E-state index in [1.165, 1.54) is 0 Å². The maximum atomic E-state index is 12.6. The number of piperazine rings is 1. The van der Waals surface area contributed by atoms with E-state index in [0.29, 0.717) is 12.5 Å². The lowest BCUT2D eigenvalue weighted by Crippen LogP contribution is -2.52. The first-order chi connectivity index (χ1) is 12.3. The summed E-state index contributed by atoms with van der Waals surface area (Å²) < 4.78 is 11.0. The molecular weight excluding hydrogens is 354 g/mol. The third-order valence-electron chi connectivity index (χ3n) is 5.09. The molecule has 7 heteroatoms. The van der Waals surface area contributed by atoms with Crippen LogP contribution in [0, 0.1) is 5.92 Å². The Morgan fingerprint density at radius 1 is 1.15 bits per heavy atom. The Kier molecular flexibility index (Phi) is 8.48. The number of nitrogens with one attached hydrogen (secondary N) is 1. The van der Waals surface area contributed by atoms with Crippen LogP contribution in [0.3, 0.4) is 0 Å². The molecule has 1 aromatic rings. The van der Waals surface area contributed by atoms with Crippen molar-refractivity contribution in [3.05, 3.63) is 24.3 Å². The minimum Gasteiger partial charge on any atom is -0.497 e. The molecule has 1 aromatic carbocycles. The quantitative estimate of drug-likeness (QED) is 0.809. The summed E-state index contributed by atoms with van der Waals surface area (Å²) in [4.78, 5) is 17.0. The van der Waals surface area contributed by atoms with Crippen LogP contribution in [0.15, 0.2) is 24.3 Å². The zero-order chi connectivity index (χ0) is 17.5. The van der Waals surface area contributed by atoms with Crippen LogP contribution in [0.4, 0.5) is 0 Å². The van der Waals surface area contributed by atoms with Crippen LogP contribution in [-0.2, 0) is 4.79 Å². The highest BCUT2D eigenvalue weighted by atomic mass is 35.5. The number of methoxy groups -OCH3 is 1. The summed E-state index contributed by atoms with van der Waals surface area (Å²) in [6, 6.07) is 7.68. The maximum absolute atomic E-state index is 12.6. The second-order valence-corrected chi connectivity index (χ2v) is 6.72. The molecule has 0 radical (unpaired) electrons. The van der Waals surface area contributed by atoms with Crippen molar-refractivity contribution in [2.45, 2.75) is 12.8 Å². The first-order valence-electron chi connectivity index (χ1n) is 9.25. The van der Waals surface area contributed by atoms with Crippen LogP contribution < -0.4 is 14.8 Å². The number of carbonyl (C=O) groups excluding carboxylic acids is 1. The molecule has 0 aliphatic carbocycles. The van der Waals surface area contributed by atoms with Crippen LogP contribution in [0.5, 0.6) is 11.5 Å². The van der Waals surface area contributed by atoms with Crippen molar-refractivity contribution in [2.75, 3.05) is 59.5 Å². The summed E-state index contributed by atoms with van der Waals surface area (Å²) in [5.41, 5.74) is 0. The Bertz CT molecular complexity index is 559. The van der Waals surface area contributed by atoms with Gasteiger partial charge >= 0.3 is 0 Å². The molecular formula is C19H30ClN3O3. The second kappa shape index (κ2) is 10.6. The van der Waals surface area contributed by atoms with Crippen LogP contribution in [0.2, 0.25) is 0 Å². The van der Waals surface area contributed by atoms with E-state index in [0.717, 1.165) is 70.2 Å². The van der Waals surface area contributed by atoms with Gasteiger partial charge in [-0.2, -0.15) is 0 Å². The topological polar surface area (TPSA) is 54.0 Å². The molecule has 2 saturated heterocycles. The Labute approximate surface area is 162 Å². The highest BCUT2D eigenvalue weighted by Gasteiger charge is 2.28. The zero-order valence-corrected chi connectivity index (χ0v) is 16.3. The number of rotatable bonds is 6. The molecule has 1 amide bonds. The number of nitrogens with zero attached hydrogens (tertiary/aromatic N) is 2. The lowest BCUT2D eigenvalue weighted by molar-refractivity contribution is -0.138. The van der Waals surface area contributed by atoms with Crippen molar-refractivity contribution in [2.24, 2.45) is 5.92 Å². The predicted octanol–water partition coefficient (Wildman–Crippen LogP) is 1.64. The summed E-state index contributed by atoms with van der Waals surface area (Å²) >= 11 is 0. The van der Waals surface area contributed by atoms with Crippen molar-refractivity contribution >= 4 is 18.3 Å². The number of ether oxygens (including phenoxy) is 2. The summed E-state index contributed by atoms with van der Waals surface area (Å²) in [5.74, 6) is 2.22. The molecule has 0 unspecified atom stereocenters. The maximum Gasteiger partial charge on any atom is 0.225 e. The van der Waals surface area contributed by atoms with Gasteiger partial charge in [-0.25, -0.2) is 0 Å². The van der Waals surface area contributed by atoms with Gasteiger partial charge in [0.1, 0.15) is 18.1 Å². The molecule has 2 aliphatic rings. The molecule has 0 spiro atoms. The molecule has 26 heavy (non-hydrogen) atoms. The fourth-order valence-corrected chi connectivity index (χ4v) is 3.50. The molecule has 2 heterocycles. The van der Waals surface area contributed by atoms with Gasteiger partial charge in [0.2, 0.25) is 5.91 Å². The van der Waals surface area contributed by atoms with E-state index in [1.54, 1.807) is 7.11 Å². The molecule has 3 rings (SSSR count). The van der Waals surface area contributed by atoms with Crippen LogP contribution in [-0.4, -0.2) is 75.2 Å². The molecule has 2 fully saturated rings. The minimum atomic E-state index is 0. The van der Waals surface area contributed by atoms with E-state index in [2.05, 4.69) is 15.1 Å². The monoisotopic (exact) mass is 383 g/mol. The van der Waals surface area contributed by atoms with Crippen molar-refractivity contribution < 1.29 is 14.3 Å². The number of halogens is 1. The second-order valence-electron chi connectivity index (χ2n) is 6.72. The highest BCUT2D eigenvalue weighted by molar-refractivity contribution is 5.85. The third kappa shape index (κ3) is 5.76. The zero-order valence-electron chi connectivity index (χ0n) is 15.5. The number of hydrogen-bond acceptors (Lipinski definition) is 5. The molecule has 0 atom stereocenters. The Balaban J connectivity index is 0.00000243. The predicted molar refractivity (Wildman–Crippen MR) is 104 cm³/mol. The molecule has 0 bridgehead atoms. The minimum absolute atomic E-state index is 0. The van der Waals surface area contributed by atoms with Crippen LogP contribution in [0.25, 0.3) is 0 Å². The number of piperidine rings is 1. The number of amides is 1.